The number of rotatable bonds is 5. The maximum atomic E-state index is 12.0. The number of thioether (sulfide) groups is 1. The van der Waals surface area contributed by atoms with E-state index in [1.807, 2.05) is 30.3 Å². The molecule has 0 fully saturated rings. The minimum atomic E-state index is -0.538. The summed E-state index contributed by atoms with van der Waals surface area (Å²) in [5, 5.41) is 13.3. The van der Waals surface area contributed by atoms with Gasteiger partial charge >= 0.3 is 5.97 Å². The van der Waals surface area contributed by atoms with Crippen molar-refractivity contribution in [2.45, 2.75) is 4.90 Å². The second-order valence-electron chi connectivity index (χ2n) is 5.11. The van der Waals surface area contributed by atoms with Crippen LogP contribution in [0.2, 0.25) is 5.02 Å². The highest BCUT2D eigenvalue weighted by molar-refractivity contribution is 8.00. The van der Waals surface area contributed by atoms with Crippen LogP contribution in [-0.2, 0) is 4.79 Å². The molecule has 0 heterocycles. The van der Waals surface area contributed by atoms with Gasteiger partial charge in [-0.05, 0) is 23.6 Å². The highest BCUT2D eigenvalue weighted by atomic mass is 35.5. The summed E-state index contributed by atoms with van der Waals surface area (Å²) in [6.07, 6.45) is 0. The highest BCUT2D eigenvalue weighted by Gasteiger charge is 2.12. The minimum Gasteiger partial charge on any atom is -0.426 e. The fourth-order valence-corrected chi connectivity index (χ4v) is 3.56. The molecule has 0 atom stereocenters. The zero-order valence-electron chi connectivity index (χ0n) is 12.8. The lowest BCUT2D eigenvalue weighted by Crippen LogP contribution is -2.10. The predicted octanol–water partition coefficient (Wildman–Crippen LogP) is 5.10. The molecule has 0 aromatic heterocycles. The summed E-state index contributed by atoms with van der Waals surface area (Å²) < 4.78 is 5.17. The van der Waals surface area contributed by atoms with Crippen molar-refractivity contribution in [2.24, 2.45) is 0 Å². The monoisotopic (exact) mass is 373 g/mol. The van der Waals surface area contributed by atoms with Crippen LogP contribution in [0.1, 0.15) is 0 Å². The van der Waals surface area contributed by atoms with Gasteiger partial charge in [0.25, 0.3) is 5.69 Å². The first-order chi connectivity index (χ1) is 12.0. The summed E-state index contributed by atoms with van der Waals surface area (Å²) in [5.74, 6) is -0.280. The first kappa shape index (κ1) is 17.3. The van der Waals surface area contributed by atoms with Gasteiger partial charge < -0.3 is 4.74 Å². The Morgan fingerprint density at radius 3 is 2.60 bits per heavy atom. The molecule has 3 aromatic rings. The van der Waals surface area contributed by atoms with Gasteiger partial charge in [0.1, 0.15) is 5.75 Å². The van der Waals surface area contributed by atoms with Crippen molar-refractivity contribution in [3.63, 3.8) is 0 Å². The van der Waals surface area contributed by atoms with Gasteiger partial charge in [-0.2, -0.15) is 0 Å². The maximum Gasteiger partial charge on any atom is 0.321 e. The summed E-state index contributed by atoms with van der Waals surface area (Å²) in [6, 6.07) is 16.9. The van der Waals surface area contributed by atoms with E-state index in [1.54, 1.807) is 6.07 Å². The topological polar surface area (TPSA) is 69.4 Å². The predicted molar refractivity (Wildman–Crippen MR) is 98.4 cm³/mol. The number of nitro benzene ring substituents is 1. The van der Waals surface area contributed by atoms with E-state index in [0.29, 0.717) is 5.02 Å². The molecule has 0 saturated heterocycles. The number of esters is 1. The van der Waals surface area contributed by atoms with E-state index in [2.05, 4.69) is 0 Å². The van der Waals surface area contributed by atoms with Crippen molar-refractivity contribution >= 4 is 45.8 Å². The number of ether oxygens (including phenoxy) is 1. The Labute approximate surface area is 152 Å². The minimum absolute atomic E-state index is 0.0625. The number of fused-ring (bicyclic) bond motifs is 1. The molecule has 0 amide bonds. The van der Waals surface area contributed by atoms with E-state index in [1.165, 1.54) is 36.0 Å². The van der Waals surface area contributed by atoms with E-state index >= 15 is 0 Å². The van der Waals surface area contributed by atoms with Gasteiger partial charge in [-0.1, -0.05) is 41.9 Å². The highest BCUT2D eigenvalue weighted by Crippen LogP contribution is 2.33. The second kappa shape index (κ2) is 7.55. The second-order valence-corrected chi connectivity index (χ2v) is 6.54. The third-order valence-corrected chi connectivity index (χ3v) is 4.77. The number of nitro groups is 1. The van der Waals surface area contributed by atoms with Gasteiger partial charge in [-0.25, -0.2) is 0 Å². The van der Waals surface area contributed by atoms with Crippen LogP contribution in [0.25, 0.3) is 10.8 Å². The Bertz CT molecular complexity index is 955. The van der Waals surface area contributed by atoms with Gasteiger partial charge in [-0.15, -0.1) is 11.8 Å². The molecule has 0 bridgehead atoms. The third-order valence-electron chi connectivity index (χ3n) is 3.42. The number of carbonyl (C=O) groups is 1. The van der Waals surface area contributed by atoms with E-state index < -0.39 is 10.9 Å². The van der Waals surface area contributed by atoms with Crippen LogP contribution >= 0.6 is 23.4 Å². The molecule has 0 saturated carbocycles. The number of benzene rings is 3. The molecule has 0 unspecified atom stereocenters. The molecule has 0 spiro atoms. The lowest BCUT2D eigenvalue weighted by molar-refractivity contribution is -0.384. The SMILES string of the molecule is O=C(CSc1cccc2cccc(Cl)c12)Oc1cccc([N+](=O)[O-])c1. The molecule has 5 nitrogen and oxygen atoms in total. The van der Waals surface area contributed by atoms with Gasteiger partial charge in [-0.3, -0.25) is 14.9 Å². The lowest BCUT2D eigenvalue weighted by atomic mass is 10.1. The molecule has 0 aliphatic heterocycles. The van der Waals surface area contributed by atoms with Gasteiger partial charge in [0.05, 0.1) is 16.7 Å². The van der Waals surface area contributed by atoms with Gasteiger partial charge in [0.2, 0.25) is 0 Å². The van der Waals surface area contributed by atoms with E-state index in [0.717, 1.165) is 15.7 Å². The summed E-state index contributed by atoms with van der Waals surface area (Å²) in [5.41, 5.74) is -0.126. The van der Waals surface area contributed by atoms with Crippen LogP contribution in [-0.4, -0.2) is 16.6 Å². The smallest absolute Gasteiger partial charge is 0.321 e. The standard InChI is InChI=1S/C18H12ClNO4S/c19-15-8-1-4-12-5-2-9-16(18(12)15)25-11-17(21)24-14-7-3-6-13(10-14)20(22)23/h1-10H,11H2. The van der Waals surface area contributed by atoms with Crippen molar-refractivity contribution in [2.75, 3.05) is 5.75 Å². The lowest BCUT2D eigenvalue weighted by Gasteiger charge is -2.08. The first-order valence-electron chi connectivity index (χ1n) is 7.30. The first-order valence-corrected chi connectivity index (χ1v) is 8.66. The Hall–Kier alpha value is -2.57. The zero-order valence-corrected chi connectivity index (χ0v) is 14.4. The van der Waals surface area contributed by atoms with Crippen molar-refractivity contribution in [3.05, 3.63) is 75.8 Å². The molecule has 0 radical (unpaired) electrons. The van der Waals surface area contributed by atoms with Crippen LogP contribution in [0, 0.1) is 10.1 Å². The van der Waals surface area contributed by atoms with Gasteiger partial charge in [0.15, 0.2) is 0 Å². The van der Waals surface area contributed by atoms with Crippen LogP contribution in [0.4, 0.5) is 5.69 Å². The van der Waals surface area contributed by atoms with E-state index in [9.17, 15) is 14.9 Å². The summed E-state index contributed by atoms with van der Waals surface area (Å²) >= 11 is 7.57. The van der Waals surface area contributed by atoms with Crippen molar-refractivity contribution in [1.82, 2.24) is 0 Å². The summed E-state index contributed by atoms with van der Waals surface area (Å²) in [4.78, 5) is 23.1. The Balaban J connectivity index is 1.71. The van der Waals surface area contributed by atoms with E-state index in [4.69, 9.17) is 16.3 Å². The maximum absolute atomic E-state index is 12.0. The number of carbonyl (C=O) groups excluding carboxylic acids is 1. The number of nitrogens with zero attached hydrogens (tertiary/aromatic N) is 1. The largest absolute Gasteiger partial charge is 0.426 e. The fraction of sp³-hybridized carbons (Fsp3) is 0.0556. The van der Waals surface area contributed by atoms with Crippen molar-refractivity contribution < 1.29 is 14.5 Å². The van der Waals surface area contributed by atoms with Crippen LogP contribution in [0.15, 0.2) is 65.6 Å². The fourth-order valence-electron chi connectivity index (χ4n) is 2.34. The average Bonchev–Trinajstić information content (AvgIpc) is 2.60. The normalized spacial score (nSPS) is 10.6. The Morgan fingerprint density at radius 1 is 1.12 bits per heavy atom. The molecule has 0 aliphatic carbocycles. The number of hydrogen-bond donors (Lipinski definition) is 0. The number of non-ortho nitro benzene ring substituents is 1. The average molecular weight is 374 g/mol. The van der Waals surface area contributed by atoms with Crippen LogP contribution < -0.4 is 4.74 Å². The zero-order chi connectivity index (χ0) is 17.8. The molecular formula is C18H12ClNO4S. The molecule has 3 rings (SSSR count). The molecule has 25 heavy (non-hydrogen) atoms. The molecule has 126 valence electrons. The van der Waals surface area contributed by atoms with E-state index in [-0.39, 0.29) is 17.2 Å². The van der Waals surface area contributed by atoms with Crippen molar-refractivity contribution in [3.8, 4) is 5.75 Å². The molecule has 3 aromatic carbocycles. The Morgan fingerprint density at radius 2 is 1.84 bits per heavy atom. The molecular weight excluding hydrogens is 362 g/mol. The molecule has 0 aliphatic rings. The van der Waals surface area contributed by atoms with Crippen LogP contribution in [0.5, 0.6) is 5.75 Å². The summed E-state index contributed by atoms with van der Waals surface area (Å²) in [7, 11) is 0. The number of hydrogen-bond acceptors (Lipinski definition) is 5. The third kappa shape index (κ3) is 4.10. The quantitative estimate of drug-likeness (QED) is 0.204. The molecule has 7 heteroatoms. The van der Waals surface area contributed by atoms with Gasteiger partial charge in [0, 0.05) is 21.4 Å². The summed E-state index contributed by atoms with van der Waals surface area (Å²) in [6.45, 7) is 0. The van der Waals surface area contributed by atoms with Crippen molar-refractivity contribution in [1.29, 1.82) is 0 Å². The number of halogens is 1. The Kier molecular flexibility index (Phi) is 5.21. The molecule has 0 N–H and O–H groups in total. The van der Waals surface area contributed by atoms with Crippen LogP contribution in [0.3, 0.4) is 0 Å².